The Bertz CT molecular complexity index is 262. The number of hydrogen-bond donors (Lipinski definition) is 1. The monoisotopic (exact) mass is 355 g/mol. The lowest BCUT2D eigenvalue weighted by molar-refractivity contribution is 0.144. The van der Waals surface area contributed by atoms with Gasteiger partial charge in [0.05, 0.1) is 6.04 Å². The lowest BCUT2D eigenvalue weighted by Gasteiger charge is -2.42. The maximum atomic E-state index is 6.05. The second-order valence-electron chi connectivity index (χ2n) is 5.13. The van der Waals surface area contributed by atoms with E-state index in [1.165, 1.54) is 24.3 Å². The molecular formula is C11H22IN3S. The SMILES string of the molecule is CC1(C)CCC1N=C(N)N1CCSCC1.I. The number of hydrogen-bond acceptors (Lipinski definition) is 2. The summed E-state index contributed by atoms with van der Waals surface area (Å²) in [5.41, 5.74) is 6.42. The maximum Gasteiger partial charge on any atom is 0.191 e. The molecule has 0 radical (unpaired) electrons. The van der Waals surface area contributed by atoms with Crippen LogP contribution in [0.4, 0.5) is 0 Å². The minimum absolute atomic E-state index is 0. The van der Waals surface area contributed by atoms with Crippen molar-refractivity contribution in [1.29, 1.82) is 0 Å². The van der Waals surface area contributed by atoms with Gasteiger partial charge < -0.3 is 10.6 Å². The first-order valence-corrected chi connectivity index (χ1v) is 6.91. The average Bonchev–Trinajstić information content (AvgIpc) is 2.25. The van der Waals surface area contributed by atoms with E-state index < -0.39 is 0 Å². The van der Waals surface area contributed by atoms with Crippen LogP contribution in [0.5, 0.6) is 0 Å². The van der Waals surface area contributed by atoms with Crippen LogP contribution in [0.1, 0.15) is 26.7 Å². The minimum atomic E-state index is 0. The third kappa shape index (κ3) is 3.18. The summed E-state index contributed by atoms with van der Waals surface area (Å²) in [5.74, 6) is 3.14. The molecule has 0 aromatic carbocycles. The molecule has 1 saturated heterocycles. The Kier molecular flexibility index (Phi) is 5.22. The van der Waals surface area contributed by atoms with Gasteiger partial charge in [-0.2, -0.15) is 11.8 Å². The zero-order valence-electron chi connectivity index (χ0n) is 10.1. The minimum Gasteiger partial charge on any atom is -0.370 e. The molecule has 3 nitrogen and oxygen atoms in total. The van der Waals surface area contributed by atoms with Crippen LogP contribution in [0.15, 0.2) is 4.99 Å². The van der Waals surface area contributed by atoms with E-state index in [1.807, 2.05) is 11.8 Å². The molecule has 0 aromatic rings. The molecule has 0 bridgehead atoms. The number of nitrogens with two attached hydrogens (primary N) is 1. The Labute approximate surface area is 120 Å². The molecule has 1 saturated carbocycles. The molecule has 1 heterocycles. The van der Waals surface area contributed by atoms with E-state index in [-0.39, 0.29) is 24.0 Å². The molecule has 2 aliphatic rings. The van der Waals surface area contributed by atoms with Crippen molar-refractivity contribution >= 4 is 41.7 Å². The third-order valence-electron chi connectivity index (χ3n) is 3.59. The summed E-state index contributed by atoms with van der Waals surface area (Å²) >= 11 is 2.00. The maximum absolute atomic E-state index is 6.05. The number of guanidine groups is 1. The van der Waals surface area contributed by atoms with Gasteiger partial charge >= 0.3 is 0 Å². The lowest BCUT2D eigenvalue weighted by Crippen LogP contribution is -2.46. The van der Waals surface area contributed by atoms with E-state index in [2.05, 4.69) is 23.7 Å². The van der Waals surface area contributed by atoms with E-state index in [0.717, 1.165) is 19.0 Å². The average molecular weight is 355 g/mol. The van der Waals surface area contributed by atoms with Crippen molar-refractivity contribution in [2.45, 2.75) is 32.7 Å². The largest absolute Gasteiger partial charge is 0.370 e. The molecule has 0 spiro atoms. The summed E-state index contributed by atoms with van der Waals surface area (Å²) in [6, 6.07) is 0.451. The van der Waals surface area contributed by atoms with Crippen molar-refractivity contribution in [3.8, 4) is 0 Å². The van der Waals surface area contributed by atoms with E-state index in [9.17, 15) is 0 Å². The summed E-state index contributed by atoms with van der Waals surface area (Å²) in [6.45, 7) is 6.69. The highest BCUT2D eigenvalue weighted by Gasteiger charge is 2.38. The summed E-state index contributed by atoms with van der Waals surface area (Å²) < 4.78 is 0. The van der Waals surface area contributed by atoms with Crippen LogP contribution >= 0.6 is 35.7 Å². The van der Waals surface area contributed by atoms with Crippen molar-refractivity contribution in [1.82, 2.24) is 4.90 Å². The van der Waals surface area contributed by atoms with Crippen LogP contribution in [0.2, 0.25) is 0 Å². The molecule has 1 unspecified atom stereocenters. The lowest BCUT2D eigenvalue weighted by atomic mass is 9.68. The molecule has 1 aliphatic carbocycles. The molecule has 94 valence electrons. The van der Waals surface area contributed by atoms with E-state index in [1.54, 1.807) is 0 Å². The molecule has 2 rings (SSSR count). The normalized spacial score (nSPS) is 29.2. The van der Waals surface area contributed by atoms with Gasteiger partial charge in [-0.15, -0.1) is 24.0 Å². The molecule has 0 amide bonds. The van der Waals surface area contributed by atoms with Crippen LogP contribution in [-0.4, -0.2) is 41.5 Å². The highest BCUT2D eigenvalue weighted by atomic mass is 127. The Morgan fingerprint density at radius 3 is 2.44 bits per heavy atom. The predicted molar refractivity (Wildman–Crippen MR) is 82.7 cm³/mol. The van der Waals surface area contributed by atoms with Gasteiger partial charge in [0.15, 0.2) is 5.96 Å². The zero-order chi connectivity index (χ0) is 10.9. The summed E-state index contributed by atoms with van der Waals surface area (Å²) in [6.07, 6.45) is 2.49. The summed E-state index contributed by atoms with van der Waals surface area (Å²) in [5, 5.41) is 0. The van der Waals surface area contributed by atoms with Crippen molar-refractivity contribution < 1.29 is 0 Å². The van der Waals surface area contributed by atoms with Gasteiger partial charge in [-0.25, -0.2) is 4.99 Å². The number of aliphatic imine (C=N–C) groups is 1. The fourth-order valence-corrected chi connectivity index (χ4v) is 3.03. The van der Waals surface area contributed by atoms with E-state index in [0.29, 0.717) is 11.5 Å². The van der Waals surface area contributed by atoms with E-state index >= 15 is 0 Å². The molecule has 1 atom stereocenters. The molecule has 2 fully saturated rings. The van der Waals surface area contributed by atoms with Crippen molar-refractivity contribution in [2.75, 3.05) is 24.6 Å². The molecular weight excluding hydrogens is 333 g/mol. The fraction of sp³-hybridized carbons (Fsp3) is 0.909. The third-order valence-corrected chi connectivity index (χ3v) is 4.53. The second kappa shape index (κ2) is 5.80. The predicted octanol–water partition coefficient (Wildman–Crippen LogP) is 2.16. The topological polar surface area (TPSA) is 41.6 Å². The molecule has 5 heteroatoms. The first-order valence-electron chi connectivity index (χ1n) is 5.75. The van der Waals surface area contributed by atoms with Gasteiger partial charge in [-0.3, -0.25) is 0 Å². The van der Waals surface area contributed by atoms with Crippen LogP contribution < -0.4 is 5.73 Å². The summed E-state index contributed by atoms with van der Waals surface area (Å²) in [4.78, 5) is 6.90. The molecule has 16 heavy (non-hydrogen) atoms. The van der Waals surface area contributed by atoms with Gasteiger partial charge in [-0.05, 0) is 18.3 Å². The Balaban J connectivity index is 0.00000128. The van der Waals surface area contributed by atoms with Crippen molar-refractivity contribution in [3.63, 3.8) is 0 Å². The molecule has 0 aromatic heterocycles. The molecule has 1 aliphatic heterocycles. The van der Waals surface area contributed by atoms with Gasteiger partial charge in [-0.1, -0.05) is 13.8 Å². The van der Waals surface area contributed by atoms with E-state index in [4.69, 9.17) is 5.73 Å². The van der Waals surface area contributed by atoms with Gasteiger partial charge in [0, 0.05) is 24.6 Å². The number of rotatable bonds is 1. The van der Waals surface area contributed by atoms with Crippen molar-refractivity contribution in [2.24, 2.45) is 16.1 Å². The zero-order valence-corrected chi connectivity index (χ0v) is 13.3. The Hall–Kier alpha value is 0.350. The Morgan fingerprint density at radius 1 is 1.38 bits per heavy atom. The highest BCUT2D eigenvalue weighted by Crippen LogP contribution is 2.42. The van der Waals surface area contributed by atoms with Crippen LogP contribution in [0.3, 0.4) is 0 Å². The molecule has 2 N–H and O–H groups in total. The first kappa shape index (κ1) is 14.4. The standard InChI is InChI=1S/C11H21N3S.HI/c1-11(2)4-3-9(11)13-10(12)14-5-7-15-8-6-14;/h9H,3-8H2,1-2H3,(H2,12,13);1H. The first-order chi connectivity index (χ1) is 7.09. The smallest absolute Gasteiger partial charge is 0.191 e. The Morgan fingerprint density at radius 2 is 2.00 bits per heavy atom. The van der Waals surface area contributed by atoms with Gasteiger partial charge in [0.25, 0.3) is 0 Å². The van der Waals surface area contributed by atoms with Crippen LogP contribution in [0, 0.1) is 5.41 Å². The number of thioether (sulfide) groups is 1. The van der Waals surface area contributed by atoms with Crippen LogP contribution in [0.25, 0.3) is 0 Å². The second-order valence-corrected chi connectivity index (χ2v) is 6.35. The van der Waals surface area contributed by atoms with Crippen LogP contribution in [-0.2, 0) is 0 Å². The van der Waals surface area contributed by atoms with Crippen molar-refractivity contribution in [3.05, 3.63) is 0 Å². The summed E-state index contributed by atoms with van der Waals surface area (Å²) in [7, 11) is 0. The quantitative estimate of drug-likeness (QED) is 0.445. The highest BCUT2D eigenvalue weighted by molar-refractivity contribution is 14.0. The number of halogens is 1. The van der Waals surface area contributed by atoms with Gasteiger partial charge in [0.2, 0.25) is 0 Å². The number of nitrogens with zero attached hydrogens (tertiary/aromatic N) is 2. The van der Waals surface area contributed by atoms with Gasteiger partial charge in [0.1, 0.15) is 0 Å². The fourth-order valence-electron chi connectivity index (χ4n) is 2.12.